The monoisotopic (exact) mass is 299 g/mol. The van der Waals surface area contributed by atoms with E-state index in [2.05, 4.69) is 10.3 Å². The molecule has 114 valence electrons. The van der Waals surface area contributed by atoms with Crippen LogP contribution >= 0.6 is 0 Å². The maximum atomic E-state index is 12.5. The van der Waals surface area contributed by atoms with E-state index in [1.165, 1.54) is 6.20 Å². The molecule has 0 radical (unpaired) electrons. The van der Waals surface area contributed by atoms with Gasteiger partial charge in [-0.25, -0.2) is 4.98 Å². The molecular formula is C16H17N3O3. The van der Waals surface area contributed by atoms with Gasteiger partial charge in [0.2, 0.25) is 5.91 Å². The van der Waals surface area contributed by atoms with Crippen LogP contribution in [0.3, 0.4) is 0 Å². The number of amides is 2. The number of aromatic nitrogens is 1. The first kappa shape index (κ1) is 14.3. The van der Waals surface area contributed by atoms with Crippen molar-refractivity contribution in [2.24, 2.45) is 0 Å². The maximum Gasteiger partial charge on any atom is 0.307 e. The van der Waals surface area contributed by atoms with Gasteiger partial charge in [0.05, 0.1) is 6.20 Å². The Morgan fingerprint density at radius 3 is 2.86 bits per heavy atom. The van der Waals surface area contributed by atoms with Crippen LogP contribution in [0.5, 0.6) is 0 Å². The molecule has 0 saturated heterocycles. The molecule has 1 N–H and O–H groups in total. The summed E-state index contributed by atoms with van der Waals surface area (Å²) in [6.45, 7) is 4.01. The lowest BCUT2D eigenvalue weighted by atomic mass is 10.2. The van der Waals surface area contributed by atoms with E-state index in [1.807, 2.05) is 24.3 Å². The SMILES string of the molecule is Cc1cnc(C(=O)NC(C)C(=O)N2CCc3ccccc32)o1. The lowest BCUT2D eigenvalue weighted by Gasteiger charge is -2.21. The summed E-state index contributed by atoms with van der Waals surface area (Å²) in [6, 6.07) is 7.16. The van der Waals surface area contributed by atoms with Gasteiger partial charge in [-0.15, -0.1) is 0 Å². The van der Waals surface area contributed by atoms with Gasteiger partial charge in [-0.3, -0.25) is 9.59 Å². The largest absolute Gasteiger partial charge is 0.438 e. The second-order valence-corrected chi connectivity index (χ2v) is 5.34. The van der Waals surface area contributed by atoms with Crippen molar-refractivity contribution >= 4 is 17.5 Å². The minimum atomic E-state index is -0.647. The molecule has 0 spiro atoms. The number of hydrogen-bond acceptors (Lipinski definition) is 4. The zero-order valence-electron chi connectivity index (χ0n) is 12.5. The predicted molar refractivity (Wildman–Crippen MR) is 80.7 cm³/mol. The van der Waals surface area contributed by atoms with Gasteiger partial charge in [0.1, 0.15) is 11.8 Å². The molecule has 1 aromatic carbocycles. The van der Waals surface area contributed by atoms with E-state index in [9.17, 15) is 9.59 Å². The predicted octanol–water partition coefficient (Wildman–Crippen LogP) is 1.69. The Hall–Kier alpha value is -2.63. The van der Waals surface area contributed by atoms with Gasteiger partial charge in [0.15, 0.2) is 0 Å². The highest BCUT2D eigenvalue weighted by atomic mass is 16.4. The average Bonchev–Trinajstić information content (AvgIpc) is 3.12. The van der Waals surface area contributed by atoms with Crippen molar-refractivity contribution in [3.63, 3.8) is 0 Å². The van der Waals surface area contributed by atoms with E-state index in [0.29, 0.717) is 12.3 Å². The first-order chi connectivity index (χ1) is 10.6. The van der Waals surface area contributed by atoms with Gasteiger partial charge in [-0.05, 0) is 31.9 Å². The standard InChI is InChI=1S/C16H17N3O3/c1-10-9-17-15(22-10)14(20)18-11(2)16(21)19-8-7-12-5-3-4-6-13(12)19/h3-6,9,11H,7-8H2,1-2H3,(H,18,20). The van der Waals surface area contributed by atoms with Crippen molar-refractivity contribution in [1.82, 2.24) is 10.3 Å². The fraction of sp³-hybridized carbons (Fsp3) is 0.312. The maximum absolute atomic E-state index is 12.5. The lowest BCUT2D eigenvalue weighted by Crippen LogP contribution is -2.46. The Morgan fingerprint density at radius 2 is 2.14 bits per heavy atom. The van der Waals surface area contributed by atoms with Crippen LogP contribution in [-0.4, -0.2) is 29.4 Å². The van der Waals surface area contributed by atoms with Crippen LogP contribution in [0.1, 0.15) is 28.9 Å². The minimum Gasteiger partial charge on any atom is -0.438 e. The molecule has 0 bridgehead atoms. The summed E-state index contributed by atoms with van der Waals surface area (Å²) in [4.78, 5) is 30.1. The quantitative estimate of drug-likeness (QED) is 0.936. The summed E-state index contributed by atoms with van der Waals surface area (Å²) in [6.07, 6.45) is 2.31. The number of anilines is 1. The molecule has 1 aliphatic heterocycles. The van der Waals surface area contributed by atoms with Gasteiger partial charge < -0.3 is 14.6 Å². The average molecular weight is 299 g/mol. The van der Waals surface area contributed by atoms with E-state index >= 15 is 0 Å². The molecule has 6 heteroatoms. The van der Waals surface area contributed by atoms with Crippen LogP contribution in [0.15, 0.2) is 34.9 Å². The number of oxazole rings is 1. The highest BCUT2D eigenvalue weighted by molar-refractivity contribution is 6.02. The van der Waals surface area contributed by atoms with Crippen molar-refractivity contribution in [2.45, 2.75) is 26.3 Å². The zero-order valence-corrected chi connectivity index (χ0v) is 12.5. The molecule has 6 nitrogen and oxygen atoms in total. The molecule has 2 heterocycles. The third kappa shape index (κ3) is 2.59. The fourth-order valence-electron chi connectivity index (χ4n) is 2.58. The summed E-state index contributed by atoms with van der Waals surface area (Å²) in [5.41, 5.74) is 2.07. The van der Waals surface area contributed by atoms with Gasteiger partial charge in [0.25, 0.3) is 5.89 Å². The number of nitrogens with one attached hydrogen (secondary N) is 1. The second kappa shape index (κ2) is 5.63. The summed E-state index contributed by atoms with van der Waals surface area (Å²) < 4.78 is 5.16. The summed E-state index contributed by atoms with van der Waals surface area (Å²) >= 11 is 0. The highest BCUT2D eigenvalue weighted by Gasteiger charge is 2.29. The zero-order chi connectivity index (χ0) is 15.7. The molecule has 0 fully saturated rings. The lowest BCUT2D eigenvalue weighted by molar-refractivity contribution is -0.119. The van der Waals surface area contributed by atoms with E-state index in [4.69, 9.17) is 4.42 Å². The molecule has 3 rings (SSSR count). The van der Waals surface area contributed by atoms with Crippen LogP contribution in [0.25, 0.3) is 0 Å². The molecule has 2 amide bonds. The van der Waals surface area contributed by atoms with Crippen molar-refractivity contribution in [3.8, 4) is 0 Å². The Balaban J connectivity index is 1.69. The number of para-hydroxylation sites is 1. The fourth-order valence-corrected chi connectivity index (χ4v) is 2.58. The van der Waals surface area contributed by atoms with Crippen molar-refractivity contribution in [1.29, 1.82) is 0 Å². The number of aryl methyl sites for hydroxylation is 1. The molecule has 1 atom stereocenters. The van der Waals surface area contributed by atoms with Gasteiger partial charge in [-0.1, -0.05) is 18.2 Å². The van der Waals surface area contributed by atoms with Gasteiger partial charge >= 0.3 is 5.91 Å². The number of nitrogens with zero attached hydrogens (tertiary/aromatic N) is 2. The van der Waals surface area contributed by atoms with Gasteiger partial charge in [-0.2, -0.15) is 0 Å². The van der Waals surface area contributed by atoms with E-state index < -0.39 is 11.9 Å². The van der Waals surface area contributed by atoms with Crippen LogP contribution in [0.4, 0.5) is 5.69 Å². The number of benzene rings is 1. The van der Waals surface area contributed by atoms with Crippen molar-refractivity contribution < 1.29 is 14.0 Å². The molecule has 1 unspecified atom stereocenters. The first-order valence-corrected chi connectivity index (χ1v) is 7.19. The van der Waals surface area contributed by atoms with E-state index in [1.54, 1.807) is 18.7 Å². The van der Waals surface area contributed by atoms with Crippen LogP contribution in [-0.2, 0) is 11.2 Å². The normalized spacial score (nSPS) is 14.5. The number of rotatable bonds is 3. The smallest absolute Gasteiger partial charge is 0.307 e. The molecule has 1 aromatic heterocycles. The minimum absolute atomic E-state index is 0.0287. The molecule has 22 heavy (non-hydrogen) atoms. The number of carbonyl (C=O) groups excluding carboxylic acids is 2. The molecule has 0 saturated carbocycles. The Bertz CT molecular complexity index is 723. The number of carbonyl (C=O) groups is 2. The topological polar surface area (TPSA) is 75.4 Å². The van der Waals surface area contributed by atoms with E-state index in [0.717, 1.165) is 17.7 Å². The summed E-state index contributed by atoms with van der Waals surface area (Å²) in [5, 5.41) is 2.63. The van der Waals surface area contributed by atoms with Crippen molar-refractivity contribution in [3.05, 3.63) is 47.7 Å². The van der Waals surface area contributed by atoms with E-state index in [-0.39, 0.29) is 11.8 Å². The van der Waals surface area contributed by atoms with Crippen molar-refractivity contribution in [2.75, 3.05) is 11.4 Å². The molecule has 0 aliphatic carbocycles. The Labute approximate surface area is 128 Å². The Morgan fingerprint density at radius 1 is 1.36 bits per heavy atom. The first-order valence-electron chi connectivity index (χ1n) is 7.19. The number of fused-ring (bicyclic) bond motifs is 1. The van der Waals surface area contributed by atoms with Crippen LogP contribution in [0, 0.1) is 6.92 Å². The van der Waals surface area contributed by atoms with Gasteiger partial charge in [0, 0.05) is 12.2 Å². The molecular weight excluding hydrogens is 282 g/mol. The third-order valence-corrected chi connectivity index (χ3v) is 3.69. The molecule has 2 aromatic rings. The number of hydrogen-bond donors (Lipinski definition) is 1. The van der Waals surface area contributed by atoms with Crippen LogP contribution < -0.4 is 10.2 Å². The second-order valence-electron chi connectivity index (χ2n) is 5.34. The molecule has 1 aliphatic rings. The summed E-state index contributed by atoms with van der Waals surface area (Å²) in [5.74, 6) is -0.0976. The Kier molecular flexibility index (Phi) is 3.66. The van der Waals surface area contributed by atoms with Crippen LogP contribution in [0.2, 0.25) is 0 Å². The third-order valence-electron chi connectivity index (χ3n) is 3.69. The highest BCUT2D eigenvalue weighted by Crippen LogP contribution is 2.27. The summed E-state index contributed by atoms with van der Waals surface area (Å²) in [7, 11) is 0.